The number of rotatable bonds is 9. The van der Waals surface area contributed by atoms with Crippen LogP contribution in [-0.4, -0.2) is 73.1 Å². The van der Waals surface area contributed by atoms with Gasteiger partial charge in [0.1, 0.15) is 12.3 Å². The first-order chi connectivity index (χ1) is 14.8. The fourth-order valence-electron chi connectivity index (χ4n) is 3.43. The number of phosphoric ester groups is 1. The Morgan fingerprint density at radius 2 is 1.81 bits per heavy atom. The van der Waals surface area contributed by atoms with E-state index in [4.69, 9.17) is 23.8 Å². The zero-order chi connectivity index (χ0) is 23.7. The van der Waals surface area contributed by atoms with Crippen LogP contribution in [0.3, 0.4) is 0 Å². The summed E-state index contributed by atoms with van der Waals surface area (Å²) >= 11 is 3.00. The quantitative estimate of drug-likeness (QED) is 0.247. The molecule has 5 N–H and O–H groups in total. The summed E-state index contributed by atoms with van der Waals surface area (Å²) in [6, 6.07) is 0. The lowest BCUT2D eigenvalue weighted by Crippen LogP contribution is -2.32. The minimum Gasteiger partial charge on any atom is -0.390 e. The molecular formula is C15H23BrN2O12P2. The SMILES string of the molecule is O=c1[nH]c(=O)n(C2CC(O)C(COP(=O)(O)CC3CCC(COP(=O)(O)O)O3)O2)cc1Br. The number of nitrogens with zero attached hydrogens (tertiary/aromatic N) is 1. The third-order valence-electron chi connectivity index (χ3n) is 4.94. The highest BCUT2D eigenvalue weighted by atomic mass is 79.9. The van der Waals surface area contributed by atoms with Gasteiger partial charge in [-0.3, -0.25) is 23.4 Å². The van der Waals surface area contributed by atoms with Crippen LogP contribution in [0.2, 0.25) is 0 Å². The van der Waals surface area contributed by atoms with E-state index in [1.807, 2.05) is 0 Å². The average Bonchev–Trinajstić information content (AvgIpc) is 3.26. The van der Waals surface area contributed by atoms with Crippen LogP contribution in [0.15, 0.2) is 20.3 Å². The van der Waals surface area contributed by atoms with Gasteiger partial charge in [0.25, 0.3) is 5.56 Å². The molecule has 2 fully saturated rings. The predicted octanol–water partition coefficient (Wildman–Crippen LogP) is -0.194. The maximum absolute atomic E-state index is 12.4. The van der Waals surface area contributed by atoms with Gasteiger partial charge >= 0.3 is 21.1 Å². The Balaban J connectivity index is 1.50. The van der Waals surface area contributed by atoms with E-state index in [1.165, 1.54) is 6.20 Å². The van der Waals surface area contributed by atoms with Gasteiger partial charge < -0.3 is 33.8 Å². The molecule has 182 valence electrons. The van der Waals surface area contributed by atoms with E-state index in [-0.39, 0.29) is 23.7 Å². The van der Waals surface area contributed by atoms with Gasteiger partial charge in [-0.1, -0.05) is 0 Å². The van der Waals surface area contributed by atoms with E-state index in [9.17, 15) is 28.7 Å². The van der Waals surface area contributed by atoms with Gasteiger partial charge in [0.05, 0.1) is 42.2 Å². The van der Waals surface area contributed by atoms with Crippen LogP contribution in [0, 0.1) is 0 Å². The summed E-state index contributed by atoms with van der Waals surface area (Å²) < 4.78 is 44.8. The number of ether oxygens (including phenoxy) is 2. The monoisotopic (exact) mass is 564 g/mol. The lowest BCUT2D eigenvalue weighted by atomic mass is 10.2. The minimum atomic E-state index is -4.63. The summed E-state index contributed by atoms with van der Waals surface area (Å²) in [5.41, 5.74) is -1.35. The molecule has 0 saturated carbocycles. The van der Waals surface area contributed by atoms with E-state index in [1.54, 1.807) is 0 Å². The predicted molar refractivity (Wildman–Crippen MR) is 110 cm³/mol. The molecule has 3 rings (SSSR count). The van der Waals surface area contributed by atoms with E-state index >= 15 is 0 Å². The Hall–Kier alpha value is -0.700. The lowest BCUT2D eigenvalue weighted by Gasteiger charge is -2.20. The molecule has 0 spiro atoms. The van der Waals surface area contributed by atoms with Crippen molar-refractivity contribution in [2.75, 3.05) is 19.4 Å². The summed E-state index contributed by atoms with van der Waals surface area (Å²) in [5, 5.41) is 10.2. The molecule has 6 unspecified atom stereocenters. The third kappa shape index (κ3) is 7.15. The topological polar surface area (TPSA) is 207 Å². The van der Waals surface area contributed by atoms with Crippen molar-refractivity contribution in [1.29, 1.82) is 0 Å². The highest BCUT2D eigenvalue weighted by molar-refractivity contribution is 9.10. The summed E-state index contributed by atoms with van der Waals surface area (Å²) in [7, 11) is -8.78. The fourth-order valence-corrected chi connectivity index (χ4v) is 5.38. The molecule has 32 heavy (non-hydrogen) atoms. The van der Waals surface area contributed by atoms with Crippen molar-refractivity contribution in [2.24, 2.45) is 0 Å². The van der Waals surface area contributed by atoms with E-state index in [0.717, 1.165) is 4.57 Å². The Labute approximate surface area is 189 Å². The zero-order valence-corrected chi connectivity index (χ0v) is 19.9. The summed E-state index contributed by atoms with van der Waals surface area (Å²) in [6.07, 6.45) is -2.67. The molecule has 0 aromatic carbocycles. The molecule has 2 aliphatic rings. The maximum Gasteiger partial charge on any atom is 0.469 e. The molecule has 0 amide bonds. The number of aliphatic hydroxyl groups is 1. The molecule has 0 bridgehead atoms. The number of hydrogen-bond acceptors (Lipinski definition) is 9. The molecule has 17 heteroatoms. The summed E-state index contributed by atoms with van der Waals surface area (Å²) in [6.45, 7) is -0.775. The van der Waals surface area contributed by atoms with Gasteiger partial charge in [-0.05, 0) is 28.8 Å². The van der Waals surface area contributed by atoms with Crippen LogP contribution in [0.5, 0.6) is 0 Å². The second-order valence-corrected chi connectivity index (χ2v) is 11.4. The number of phosphoric acid groups is 1. The van der Waals surface area contributed by atoms with Crippen molar-refractivity contribution in [3.05, 3.63) is 31.5 Å². The average molecular weight is 565 g/mol. The molecule has 0 radical (unpaired) electrons. The van der Waals surface area contributed by atoms with Crippen molar-refractivity contribution < 1.29 is 47.4 Å². The smallest absolute Gasteiger partial charge is 0.390 e. The van der Waals surface area contributed by atoms with Crippen molar-refractivity contribution in [2.45, 2.75) is 49.9 Å². The standard InChI is InChI=1S/C15H23BrN2O12P2/c16-10-4-18(15(21)17-14(10)20)13-3-11(19)12(30-13)6-27-31(22,23)7-9-2-1-8(29-9)5-28-32(24,25)26/h4,8-9,11-13,19H,1-3,5-7H2,(H,22,23)(H,17,20,21)(H2,24,25,26). The molecule has 1 aromatic rings. The van der Waals surface area contributed by atoms with Gasteiger partial charge in [0, 0.05) is 12.6 Å². The Kier molecular flexibility index (Phi) is 8.33. The Bertz CT molecular complexity index is 1020. The van der Waals surface area contributed by atoms with Crippen LogP contribution in [0.1, 0.15) is 25.5 Å². The first kappa shape index (κ1) is 25.9. The van der Waals surface area contributed by atoms with Crippen molar-refractivity contribution in [3.8, 4) is 0 Å². The molecule has 2 saturated heterocycles. The first-order valence-electron chi connectivity index (χ1n) is 9.49. The van der Waals surface area contributed by atoms with Gasteiger partial charge in [-0.2, -0.15) is 0 Å². The number of aromatic nitrogens is 2. The van der Waals surface area contributed by atoms with Gasteiger partial charge in [0.15, 0.2) is 0 Å². The van der Waals surface area contributed by atoms with Crippen LogP contribution < -0.4 is 11.2 Å². The van der Waals surface area contributed by atoms with Gasteiger partial charge in [0.2, 0.25) is 0 Å². The lowest BCUT2D eigenvalue weighted by molar-refractivity contribution is -0.0431. The molecule has 6 atom stereocenters. The van der Waals surface area contributed by atoms with Crippen LogP contribution in [0.25, 0.3) is 0 Å². The summed E-state index contributed by atoms with van der Waals surface area (Å²) in [5.74, 6) is 0. The molecular weight excluding hydrogens is 542 g/mol. The highest BCUT2D eigenvalue weighted by Crippen LogP contribution is 2.46. The zero-order valence-electron chi connectivity index (χ0n) is 16.5. The number of H-pyrrole nitrogens is 1. The van der Waals surface area contributed by atoms with E-state index < -0.39 is 63.9 Å². The van der Waals surface area contributed by atoms with Crippen molar-refractivity contribution in [3.63, 3.8) is 0 Å². The van der Waals surface area contributed by atoms with E-state index in [0.29, 0.717) is 12.8 Å². The largest absolute Gasteiger partial charge is 0.469 e. The van der Waals surface area contributed by atoms with Crippen LogP contribution in [0.4, 0.5) is 0 Å². The molecule has 1 aromatic heterocycles. The van der Waals surface area contributed by atoms with Gasteiger partial charge in [-0.25, -0.2) is 9.36 Å². The highest BCUT2D eigenvalue weighted by Gasteiger charge is 2.39. The van der Waals surface area contributed by atoms with Gasteiger partial charge in [-0.15, -0.1) is 0 Å². The minimum absolute atomic E-state index is 0.00483. The number of halogens is 1. The van der Waals surface area contributed by atoms with Crippen molar-refractivity contribution >= 4 is 31.3 Å². The number of nitrogens with one attached hydrogen (secondary N) is 1. The number of aliphatic hydroxyl groups excluding tert-OH is 1. The van der Waals surface area contributed by atoms with Crippen LogP contribution in [-0.2, 0) is 27.7 Å². The van der Waals surface area contributed by atoms with E-state index in [2.05, 4.69) is 25.4 Å². The first-order valence-corrected chi connectivity index (χ1v) is 13.6. The third-order valence-corrected chi connectivity index (χ3v) is 7.41. The molecule has 0 aliphatic carbocycles. The molecule has 3 heterocycles. The Morgan fingerprint density at radius 3 is 2.50 bits per heavy atom. The second kappa shape index (κ2) is 10.3. The maximum atomic E-state index is 12.4. The number of hydrogen-bond donors (Lipinski definition) is 5. The summed E-state index contributed by atoms with van der Waals surface area (Å²) in [4.78, 5) is 53.1. The van der Waals surface area contributed by atoms with Crippen LogP contribution >= 0.6 is 31.3 Å². The molecule has 14 nitrogen and oxygen atoms in total. The molecule has 2 aliphatic heterocycles. The second-order valence-electron chi connectivity index (χ2n) is 7.44. The normalized spacial score (nSPS) is 30.5. The van der Waals surface area contributed by atoms with Crippen molar-refractivity contribution in [1.82, 2.24) is 9.55 Å². The number of aromatic amines is 1. The fraction of sp³-hybridized carbons (Fsp3) is 0.733. The Morgan fingerprint density at radius 1 is 1.12 bits per heavy atom.